The van der Waals surface area contributed by atoms with Crippen LogP contribution < -0.4 is 0 Å². The molecule has 2 atom stereocenters. The zero-order valence-corrected chi connectivity index (χ0v) is 13.8. The third kappa shape index (κ3) is 4.94. The Labute approximate surface area is 131 Å². The Hall–Kier alpha value is -1.69. The van der Waals surface area contributed by atoms with Gasteiger partial charge in [-0.1, -0.05) is 0 Å². The largest absolute Gasteiger partial charge is 0.444 e. The molecule has 1 aliphatic rings. The fraction of sp³-hybridized carbons (Fsp3) is 0.688. The monoisotopic (exact) mass is 307 g/mol. The third-order valence-electron chi connectivity index (χ3n) is 3.43. The van der Waals surface area contributed by atoms with E-state index in [1.54, 1.807) is 23.5 Å². The molecule has 0 N–H and O–H groups in total. The van der Waals surface area contributed by atoms with Gasteiger partial charge >= 0.3 is 6.09 Å². The lowest BCUT2D eigenvalue weighted by atomic mass is 10.1. The molecule has 1 aliphatic heterocycles. The van der Waals surface area contributed by atoms with E-state index in [9.17, 15) is 4.79 Å². The number of hydrogen-bond acceptors (Lipinski definition) is 5. The quantitative estimate of drug-likeness (QED) is 0.859. The van der Waals surface area contributed by atoms with Gasteiger partial charge in [0, 0.05) is 18.9 Å². The summed E-state index contributed by atoms with van der Waals surface area (Å²) in [6.07, 6.45) is 6.44. The molecule has 122 valence electrons. The number of aromatic nitrogens is 2. The average Bonchev–Trinajstić information content (AvgIpc) is 2.46. The van der Waals surface area contributed by atoms with E-state index in [0.717, 1.165) is 18.5 Å². The van der Waals surface area contributed by atoms with Gasteiger partial charge in [0.25, 0.3) is 0 Å². The average molecular weight is 307 g/mol. The normalized spacial score (nSPS) is 20.5. The third-order valence-corrected chi connectivity index (χ3v) is 3.43. The molecule has 1 fully saturated rings. The fourth-order valence-corrected chi connectivity index (χ4v) is 2.42. The first-order valence-corrected chi connectivity index (χ1v) is 7.74. The van der Waals surface area contributed by atoms with Gasteiger partial charge in [-0.15, -0.1) is 0 Å². The Kier molecular flexibility index (Phi) is 5.34. The predicted molar refractivity (Wildman–Crippen MR) is 82.4 cm³/mol. The van der Waals surface area contributed by atoms with E-state index in [-0.39, 0.29) is 18.3 Å². The van der Waals surface area contributed by atoms with Gasteiger partial charge in [-0.3, -0.25) is 9.97 Å². The molecule has 6 nitrogen and oxygen atoms in total. The second kappa shape index (κ2) is 7.05. The van der Waals surface area contributed by atoms with Crippen molar-refractivity contribution in [1.29, 1.82) is 0 Å². The number of carbonyl (C=O) groups excluding carboxylic acids is 1. The van der Waals surface area contributed by atoms with Crippen molar-refractivity contribution in [2.24, 2.45) is 0 Å². The van der Waals surface area contributed by atoms with Crippen molar-refractivity contribution in [2.45, 2.75) is 58.3 Å². The van der Waals surface area contributed by atoms with Gasteiger partial charge in [0.2, 0.25) is 0 Å². The van der Waals surface area contributed by atoms with Gasteiger partial charge in [0.05, 0.1) is 30.6 Å². The zero-order valence-electron chi connectivity index (χ0n) is 13.8. The van der Waals surface area contributed by atoms with E-state index >= 15 is 0 Å². The van der Waals surface area contributed by atoms with Crippen LogP contribution in [0.3, 0.4) is 0 Å². The molecule has 0 unspecified atom stereocenters. The van der Waals surface area contributed by atoms with Crippen molar-refractivity contribution in [2.75, 3.05) is 13.1 Å². The number of hydrogen-bond donors (Lipinski definition) is 0. The van der Waals surface area contributed by atoms with Crippen molar-refractivity contribution in [1.82, 2.24) is 14.9 Å². The minimum Gasteiger partial charge on any atom is -0.444 e. The Bertz CT molecular complexity index is 487. The van der Waals surface area contributed by atoms with Crippen LogP contribution in [0.4, 0.5) is 4.79 Å². The van der Waals surface area contributed by atoms with E-state index in [1.165, 1.54) is 0 Å². The van der Waals surface area contributed by atoms with Crippen LogP contribution in [0.5, 0.6) is 0 Å². The second-order valence-corrected chi connectivity index (χ2v) is 6.60. The lowest BCUT2D eigenvalue weighted by Gasteiger charge is -2.35. The molecule has 0 aromatic carbocycles. The first-order chi connectivity index (χ1) is 10.3. The van der Waals surface area contributed by atoms with E-state index < -0.39 is 5.60 Å². The van der Waals surface area contributed by atoms with Gasteiger partial charge in [-0.2, -0.15) is 0 Å². The minimum absolute atomic E-state index is 0.00160. The lowest BCUT2D eigenvalue weighted by molar-refractivity contribution is -0.0498. The number of ether oxygens (including phenoxy) is 2. The minimum atomic E-state index is -0.474. The Morgan fingerprint density at radius 1 is 1.41 bits per heavy atom. The SMILES string of the molecule is C[C@H](O[C@H]1CCCN(C(=O)OC(C)(C)C)C1)c1cnccn1. The molecule has 0 spiro atoms. The van der Waals surface area contributed by atoms with Gasteiger partial charge in [0.15, 0.2) is 0 Å². The van der Waals surface area contributed by atoms with Crippen LogP contribution in [0.15, 0.2) is 18.6 Å². The van der Waals surface area contributed by atoms with Crippen molar-refractivity contribution in [3.05, 3.63) is 24.3 Å². The number of carbonyl (C=O) groups is 1. The van der Waals surface area contributed by atoms with E-state index in [1.807, 2.05) is 27.7 Å². The van der Waals surface area contributed by atoms with Gasteiger partial charge in [0.1, 0.15) is 5.60 Å². The molecule has 0 bridgehead atoms. The summed E-state index contributed by atoms with van der Waals surface area (Å²) in [5.41, 5.74) is 0.328. The first kappa shape index (κ1) is 16.7. The number of amides is 1. The first-order valence-electron chi connectivity index (χ1n) is 7.74. The van der Waals surface area contributed by atoms with Crippen molar-refractivity contribution < 1.29 is 14.3 Å². The van der Waals surface area contributed by atoms with E-state index in [2.05, 4.69) is 9.97 Å². The standard InChI is InChI=1S/C16H25N3O3/c1-12(14-10-17-7-8-18-14)21-13-6-5-9-19(11-13)15(20)22-16(2,3)4/h7-8,10,12-13H,5-6,9,11H2,1-4H3/t12-,13-/m0/s1. The molecule has 1 aromatic rings. The molecule has 1 amide bonds. The summed E-state index contributed by atoms with van der Waals surface area (Å²) in [7, 11) is 0. The molecule has 22 heavy (non-hydrogen) atoms. The van der Waals surface area contributed by atoms with Gasteiger partial charge in [-0.05, 0) is 40.5 Å². The van der Waals surface area contributed by atoms with Crippen molar-refractivity contribution in [3.8, 4) is 0 Å². The highest BCUT2D eigenvalue weighted by molar-refractivity contribution is 5.68. The topological polar surface area (TPSA) is 64.5 Å². The van der Waals surface area contributed by atoms with Crippen LogP contribution in [0.2, 0.25) is 0 Å². The highest BCUT2D eigenvalue weighted by Crippen LogP contribution is 2.22. The Morgan fingerprint density at radius 3 is 2.82 bits per heavy atom. The number of piperidine rings is 1. The fourth-order valence-electron chi connectivity index (χ4n) is 2.42. The van der Waals surface area contributed by atoms with E-state index in [4.69, 9.17) is 9.47 Å². The van der Waals surface area contributed by atoms with Crippen LogP contribution in [0, 0.1) is 0 Å². The molecule has 1 aromatic heterocycles. The smallest absolute Gasteiger partial charge is 0.410 e. The van der Waals surface area contributed by atoms with Crippen LogP contribution in [-0.2, 0) is 9.47 Å². The molecule has 0 aliphatic carbocycles. The highest BCUT2D eigenvalue weighted by atomic mass is 16.6. The van der Waals surface area contributed by atoms with Gasteiger partial charge in [-0.25, -0.2) is 4.79 Å². The Balaban J connectivity index is 1.89. The van der Waals surface area contributed by atoms with Crippen LogP contribution in [0.1, 0.15) is 52.3 Å². The highest BCUT2D eigenvalue weighted by Gasteiger charge is 2.29. The summed E-state index contributed by atoms with van der Waals surface area (Å²) in [6, 6.07) is 0. The number of nitrogens with zero attached hydrogens (tertiary/aromatic N) is 3. The predicted octanol–water partition coefficient (Wildman–Crippen LogP) is 2.95. The molecule has 6 heteroatoms. The summed E-state index contributed by atoms with van der Waals surface area (Å²) < 4.78 is 11.5. The number of likely N-dealkylation sites (tertiary alicyclic amines) is 1. The maximum Gasteiger partial charge on any atom is 0.410 e. The second-order valence-electron chi connectivity index (χ2n) is 6.60. The summed E-state index contributed by atoms with van der Waals surface area (Å²) in [5, 5.41) is 0. The maximum absolute atomic E-state index is 12.1. The van der Waals surface area contributed by atoms with Crippen molar-refractivity contribution in [3.63, 3.8) is 0 Å². The molecular formula is C16H25N3O3. The molecule has 1 saturated heterocycles. The summed E-state index contributed by atoms with van der Waals surface area (Å²) in [5.74, 6) is 0. The molecule has 2 heterocycles. The van der Waals surface area contributed by atoms with Gasteiger partial charge < -0.3 is 14.4 Å². The van der Waals surface area contributed by atoms with Crippen LogP contribution in [-0.4, -0.2) is 45.8 Å². The Morgan fingerprint density at radius 2 is 2.18 bits per heavy atom. The summed E-state index contributed by atoms with van der Waals surface area (Å²) in [6.45, 7) is 8.85. The van der Waals surface area contributed by atoms with Crippen molar-refractivity contribution >= 4 is 6.09 Å². The molecule has 0 radical (unpaired) electrons. The van der Waals surface area contributed by atoms with Crippen LogP contribution in [0.25, 0.3) is 0 Å². The zero-order chi connectivity index (χ0) is 16.2. The maximum atomic E-state index is 12.1. The number of rotatable bonds is 3. The lowest BCUT2D eigenvalue weighted by Crippen LogP contribution is -2.45. The molecule has 0 saturated carbocycles. The summed E-state index contributed by atoms with van der Waals surface area (Å²) >= 11 is 0. The summed E-state index contributed by atoms with van der Waals surface area (Å²) in [4.78, 5) is 22.2. The molecular weight excluding hydrogens is 282 g/mol. The van der Waals surface area contributed by atoms with Crippen LogP contribution >= 0.6 is 0 Å². The van der Waals surface area contributed by atoms with E-state index in [0.29, 0.717) is 13.1 Å². The molecule has 2 rings (SSSR count).